The van der Waals surface area contributed by atoms with Crippen molar-refractivity contribution in [2.45, 2.75) is 33.2 Å². The van der Waals surface area contributed by atoms with Gasteiger partial charge in [-0.05, 0) is 54.1 Å². The normalized spacial score (nSPS) is 19.0. The zero-order valence-electron chi connectivity index (χ0n) is 14.1. The number of amides is 1. The lowest BCUT2D eigenvalue weighted by molar-refractivity contribution is -0.119. The molecular weight excluding hydrogens is 284 g/mol. The van der Waals surface area contributed by atoms with Crippen molar-refractivity contribution >= 4 is 16.7 Å². The molecule has 1 N–H and O–H groups in total. The monoisotopic (exact) mass is 310 g/mol. The molecule has 1 saturated heterocycles. The zero-order chi connectivity index (χ0) is 16.2. The van der Waals surface area contributed by atoms with E-state index in [1.165, 1.54) is 34.7 Å². The number of nitrogens with zero attached hydrogens (tertiary/aromatic N) is 1. The first kappa shape index (κ1) is 16.0. The van der Waals surface area contributed by atoms with Crippen LogP contribution in [0.25, 0.3) is 10.8 Å². The molecule has 0 spiro atoms. The second-order valence-electron chi connectivity index (χ2n) is 6.76. The van der Waals surface area contributed by atoms with Crippen molar-refractivity contribution in [3.63, 3.8) is 0 Å². The van der Waals surface area contributed by atoms with Gasteiger partial charge in [0.15, 0.2) is 0 Å². The third kappa shape index (κ3) is 3.91. The third-order valence-corrected chi connectivity index (χ3v) is 4.90. The number of benzene rings is 2. The summed E-state index contributed by atoms with van der Waals surface area (Å²) in [6, 6.07) is 13.1. The molecule has 122 valence electrons. The van der Waals surface area contributed by atoms with Crippen LogP contribution < -0.4 is 5.32 Å². The van der Waals surface area contributed by atoms with Gasteiger partial charge in [0.25, 0.3) is 0 Å². The number of fused-ring (bicyclic) bond motifs is 1. The summed E-state index contributed by atoms with van der Waals surface area (Å²) in [5, 5.41) is 5.67. The molecular formula is C20H26N2O. The summed E-state index contributed by atoms with van der Waals surface area (Å²) in [6.07, 6.45) is 2.43. The van der Waals surface area contributed by atoms with Crippen LogP contribution in [0.2, 0.25) is 0 Å². The highest BCUT2D eigenvalue weighted by Crippen LogP contribution is 2.25. The predicted molar refractivity (Wildman–Crippen MR) is 95.4 cm³/mol. The zero-order valence-corrected chi connectivity index (χ0v) is 14.1. The molecule has 1 heterocycles. The van der Waals surface area contributed by atoms with Crippen molar-refractivity contribution in [1.29, 1.82) is 0 Å². The summed E-state index contributed by atoms with van der Waals surface area (Å²) in [6.45, 7) is 7.84. The van der Waals surface area contributed by atoms with Gasteiger partial charge in [-0.25, -0.2) is 0 Å². The van der Waals surface area contributed by atoms with Gasteiger partial charge in [0.1, 0.15) is 0 Å². The molecule has 1 aliphatic rings. The second-order valence-corrected chi connectivity index (χ2v) is 6.76. The Hall–Kier alpha value is -1.87. The first-order valence-corrected chi connectivity index (χ1v) is 8.57. The lowest BCUT2D eigenvalue weighted by Crippen LogP contribution is -2.40. The standard InChI is InChI=1S/C20H26N2O/c1-15-9-10-18-7-3-4-8-19(18)20(15)14-22-11-5-6-17(13-22)12-21-16(2)23/h3-4,7-10,17H,5-6,11-14H2,1-2H3,(H,21,23). The number of likely N-dealkylation sites (tertiary alicyclic amines) is 1. The van der Waals surface area contributed by atoms with Crippen LogP contribution >= 0.6 is 0 Å². The number of rotatable bonds is 4. The van der Waals surface area contributed by atoms with E-state index >= 15 is 0 Å². The topological polar surface area (TPSA) is 32.3 Å². The average Bonchev–Trinajstić information content (AvgIpc) is 2.56. The van der Waals surface area contributed by atoms with E-state index in [0.29, 0.717) is 5.92 Å². The Balaban J connectivity index is 1.74. The van der Waals surface area contributed by atoms with Crippen molar-refractivity contribution in [2.24, 2.45) is 5.92 Å². The van der Waals surface area contributed by atoms with Gasteiger partial charge in [-0.15, -0.1) is 0 Å². The first-order valence-electron chi connectivity index (χ1n) is 8.57. The van der Waals surface area contributed by atoms with E-state index in [4.69, 9.17) is 0 Å². The highest BCUT2D eigenvalue weighted by Gasteiger charge is 2.21. The number of aryl methyl sites for hydroxylation is 1. The molecule has 0 aliphatic carbocycles. The van der Waals surface area contributed by atoms with E-state index in [2.05, 4.69) is 53.5 Å². The van der Waals surface area contributed by atoms with Gasteiger partial charge < -0.3 is 5.32 Å². The number of carbonyl (C=O) groups is 1. The molecule has 1 fully saturated rings. The number of hydrogen-bond donors (Lipinski definition) is 1. The Morgan fingerprint density at radius 1 is 1.26 bits per heavy atom. The minimum absolute atomic E-state index is 0.0759. The first-order chi connectivity index (χ1) is 11.1. The maximum Gasteiger partial charge on any atom is 0.216 e. The maximum absolute atomic E-state index is 11.1. The molecule has 1 unspecified atom stereocenters. The predicted octanol–water partition coefficient (Wildman–Crippen LogP) is 3.50. The Morgan fingerprint density at radius 2 is 2.09 bits per heavy atom. The lowest BCUT2D eigenvalue weighted by atomic mass is 9.95. The van der Waals surface area contributed by atoms with E-state index in [-0.39, 0.29) is 5.91 Å². The summed E-state index contributed by atoms with van der Waals surface area (Å²) in [4.78, 5) is 13.7. The van der Waals surface area contributed by atoms with Gasteiger partial charge in [0.05, 0.1) is 0 Å². The minimum Gasteiger partial charge on any atom is -0.356 e. The molecule has 23 heavy (non-hydrogen) atoms. The molecule has 2 aromatic carbocycles. The van der Waals surface area contributed by atoms with Crippen LogP contribution in [-0.4, -0.2) is 30.4 Å². The Kier molecular flexibility index (Phi) is 4.97. The minimum atomic E-state index is 0.0759. The van der Waals surface area contributed by atoms with Crippen molar-refractivity contribution in [1.82, 2.24) is 10.2 Å². The summed E-state index contributed by atoms with van der Waals surface area (Å²) < 4.78 is 0. The van der Waals surface area contributed by atoms with Gasteiger partial charge >= 0.3 is 0 Å². The van der Waals surface area contributed by atoms with Gasteiger partial charge in [0.2, 0.25) is 5.91 Å². The molecule has 0 aromatic heterocycles. The van der Waals surface area contributed by atoms with Crippen LogP contribution in [-0.2, 0) is 11.3 Å². The van der Waals surface area contributed by atoms with Crippen LogP contribution in [0.15, 0.2) is 36.4 Å². The summed E-state index contributed by atoms with van der Waals surface area (Å²) >= 11 is 0. The SMILES string of the molecule is CC(=O)NCC1CCCN(Cc2c(C)ccc3ccccc23)C1. The molecule has 3 rings (SSSR count). The van der Waals surface area contributed by atoms with Crippen LogP contribution in [0.5, 0.6) is 0 Å². The van der Waals surface area contributed by atoms with Crippen LogP contribution in [0.3, 0.4) is 0 Å². The van der Waals surface area contributed by atoms with E-state index in [9.17, 15) is 4.79 Å². The lowest BCUT2D eigenvalue weighted by Gasteiger charge is -2.33. The summed E-state index contributed by atoms with van der Waals surface area (Å²) in [7, 11) is 0. The second kappa shape index (κ2) is 7.14. The molecule has 0 bridgehead atoms. The third-order valence-electron chi connectivity index (χ3n) is 4.90. The fraction of sp³-hybridized carbons (Fsp3) is 0.450. The largest absolute Gasteiger partial charge is 0.356 e. The molecule has 3 heteroatoms. The van der Waals surface area contributed by atoms with E-state index < -0.39 is 0 Å². The molecule has 1 atom stereocenters. The Labute approximate surface area is 138 Å². The molecule has 2 aromatic rings. The summed E-state index contributed by atoms with van der Waals surface area (Å²) in [5.41, 5.74) is 2.82. The van der Waals surface area contributed by atoms with Gasteiger partial charge in [-0.2, -0.15) is 0 Å². The molecule has 0 radical (unpaired) electrons. The van der Waals surface area contributed by atoms with Crippen molar-refractivity contribution < 1.29 is 4.79 Å². The Bertz CT molecular complexity index is 695. The van der Waals surface area contributed by atoms with Crippen LogP contribution in [0.4, 0.5) is 0 Å². The fourth-order valence-corrected chi connectivity index (χ4v) is 3.63. The highest BCUT2D eigenvalue weighted by molar-refractivity contribution is 5.86. The van der Waals surface area contributed by atoms with Gasteiger partial charge in [-0.3, -0.25) is 9.69 Å². The van der Waals surface area contributed by atoms with Gasteiger partial charge in [-0.1, -0.05) is 36.4 Å². The van der Waals surface area contributed by atoms with Crippen molar-refractivity contribution in [3.05, 3.63) is 47.5 Å². The quantitative estimate of drug-likeness (QED) is 0.937. The average molecular weight is 310 g/mol. The number of hydrogen-bond acceptors (Lipinski definition) is 2. The number of carbonyl (C=O) groups excluding carboxylic acids is 1. The van der Waals surface area contributed by atoms with Crippen LogP contribution in [0, 0.1) is 12.8 Å². The molecule has 1 aliphatic heterocycles. The molecule has 1 amide bonds. The number of piperidine rings is 1. The maximum atomic E-state index is 11.1. The van der Waals surface area contributed by atoms with E-state index in [1.54, 1.807) is 6.92 Å². The molecule has 3 nitrogen and oxygen atoms in total. The van der Waals surface area contributed by atoms with E-state index in [0.717, 1.165) is 26.2 Å². The van der Waals surface area contributed by atoms with Gasteiger partial charge in [0, 0.05) is 26.6 Å². The fourth-order valence-electron chi connectivity index (χ4n) is 3.63. The Morgan fingerprint density at radius 3 is 2.91 bits per heavy atom. The number of nitrogens with one attached hydrogen (secondary N) is 1. The van der Waals surface area contributed by atoms with Crippen molar-refractivity contribution in [3.8, 4) is 0 Å². The van der Waals surface area contributed by atoms with E-state index in [1.807, 2.05) is 0 Å². The highest BCUT2D eigenvalue weighted by atomic mass is 16.1. The smallest absolute Gasteiger partial charge is 0.216 e. The summed E-state index contributed by atoms with van der Waals surface area (Å²) in [5.74, 6) is 0.648. The molecule has 0 saturated carbocycles. The van der Waals surface area contributed by atoms with Crippen molar-refractivity contribution in [2.75, 3.05) is 19.6 Å². The van der Waals surface area contributed by atoms with Crippen LogP contribution in [0.1, 0.15) is 30.9 Å².